The summed E-state index contributed by atoms with van der Waals surface area (Å²) in [6, 6.07) is 19.5. The summed E-state index contributed by atoms with van der Waals surface area (Å²) in [6.07, 6.45) is 6.29. The molecule has 7 rings (SSSR count). The average Bonchev–Trinajstić information content (AvgIpc) is 3.57. The van der Waals surface area contributed by atoms with Gasteiger partial charge in [-0.25, -0.2) is 8.78 Å². The van der Waals surface area contributed by atoms with Crippen LogP contribution in [0, 0.1) is 11.3 Å². The van der Waals surface area contributed by atoms with Crippen LogP contribution in [0.2, 0.25) is 10.0 Å². The number of hydrogen-bond donors (Lipinski definition) is 2. The highest BCUT2D eigenvalue weighted by molar-refractivity contribution is 6.35. The van der Waals surface area contributed by atoms with Crippen molar-refractivity contribution in [3.05, 3.63) is 105 Å². The Bertz CT molecular complexity index is 1970. The predicted molar refractivity (Wildman–Crippen MR) is 200 cm³/mol. The number of nitriles is 1. The largest absolute Gasteiger partial charge is 0.492 e. The summed E-state index contributed by atoms with van der Waals surface area (Å²) >= 11 is 13.8. The second-order valence-electron chi connectivity index (χ2n) is 14.0. The molecular formula is C41H42Cl2F2N4O4. The molecule has 0 radical (unpaired) electrons. The van der Waals surface area contributed by atoms with Gasteiger partial charge in [-0.05, 0) is 67.0 Å². The Morgan fingerprint density at radius 2 is 1.77 bits per heavy atom. The fourth-order valence-corrected chi connectivity index (χ4v) is 7.75. The Morgan fingerprint density at radius 1 is 0.962 bits per heavy atom. The Hall–Kier alpha value is -3.98. The van der Waals surface area contributed by atoms with E-state index in [1.807, 2.05) is 36.4 Å². The lowest BCUT2D eigenvalue weighted by molar-refractivity contribution is -0.0554. The zero-order valence-corrected chi connectivity index (χ0v) is 30.8. The van der Waals surface area contributed by atoms with Crippen LogP contribution in [0.1, 0.15) is 72.4 Å². The van der Waals surface area contributed by atoms with E-state index in [2.05, 4.69) is 33.4 Å². The van der Waals surface area contributed by atoms with E-state index in [0.29, 0.717) is 72.1 Å². The molecule has 2 heterocycles. The maximum Gasteiger partial charge on any atom is 0.250 e. The van der Waals surface area contributed by atoms with Gasteiger partial charge < -0.3 is 29.5 Å². The zero-order valence-electron chi connectivity index (χ0n) is 29.3. The molecule has 12 heteroatoms. The van der Waals surface area contributed by atoms with Crippen LogP contribution in [0.3, 0.4) is 0 Å². The van der Waals surface area contributed by atoms with E-state index in [1.165, 1.54) is 6.20 Å². The summed E-state index contributed by atoms with van der Waals surface area (Å²) in [6.45, 7) is 2.59. The maximum atomic E-state index is 13.5. The molecule has 1 aliphatic heterocycles. The minimum Gasteiger partial charge on any atom is -0.492 e. The molecule has 0 bridgehead atoms. The molecule has 0 unspecified atom stereocenters. The number of alkyl halides is 2. The first kappa shape index (κ1) is 37.3. The summed E-state index contributed by atoms with van der Waals surface area (Å²) in [7, 11) is 0. The molecule has 0 spiro atoms. The standard InChI is InChI=1S/C41H42Cl2F2N4O4/c42-33-19-28(24-48-34-9-10-35(34)50)38(52-25-27-18-26(21-46)22-47-23-27)20-39(33)53-36-11-8-30-29(4-1-5-31(30)36)32-6-2-7-37(40(32)43)51-17-3-14-49-15-12-41(44,45)13-16-49/h1-2,4-7,18-20,22-23,34-36,48,50H,3,8-17,24-25H2/t34-,35-,36+/m1/s1. The zero-order chi connectivity index (χ0) is 37.0. The van der Waals surface area contributed by atoms with Gasteiger partial charge >= 0.3 is 0 Å². The molecule has 2 N–H and O–H groups in total. The number of aliphatic hydroxyl groups excluding tert-OH is 1. The lowest BCUT2D eigenvalue weighted by atomic mass is 9.89. The van der Waals surface area contributed by atoms with Gasteiger partial charge in [0.1, 0.15) is 36.0 Å². The number of nitrogens with one attached hydrogen (secondary N) is 1. The first-order valence-corrected chi connectivity index (χ1v) is 18.9. The molecule has 1 saturated heterocycles. The Morgan fingerprint density at radius 3 is 2.55 bits per heavy atom. The predicted octanol–water partition coefficient (Wildman–Crippen LogP) is 8.69. The number of aliphatic hydroxyl groups is 1. The van der Waals surface area contributed by atoms with Crippen molar-refractivity contribution in [2.75, 3.05) is 26.2 Å². The van der Waals surface area contributed by atoms with E-state index in [0.717, 1.165) is 59.1 Å². The summed E-state index contributed by atoms with van der Waals surface area (Å²) in [5.74, 6) is -0.879. The SMILES string of the molecule is N#Cc1cncc(COc2cc(O[C@H]3CCc4c(-c5cccc(OCCCN6CCC(F)(F)CC6)c5Cl)cccc43)c(Cl)cc2CN[C@@H]2CC[C@H]2O)c1. The summed E-state index contributed by atoms with van der Waals surface area (Å²) in [4.78, 5) is 6.21. The van der Waals surface area contributed by atoms with Crippen molar-refractivity contribution in [2.45, 2.75) is 82.3 Å². The highest BCUT2D eigenvalue weighted by atomic mass is 35.5. The van der Waals surface area contributed by atoms with Gasteiger partial charge in [0.25, 0.3) is 5.92 Å². The van der Waals surface area contributed by atoms with E-state index >= 15 is 0 Å². The molecule has 2 fully saturated rings. The number of hydrogen-bond acceptors (Lipinski definition) is 8. The number of pyridine rings is 1. The first-order chi connectivity index (χ1) is 25.7. The van der Waals surface area contributed by atoms with Crippen molar-refractivity contribution in [2.24, 2.45) is 0 Å². The Kier molecular flexibility index (Phi) is 11.7. The number of benzene rings is 3. The van der Waals surface area contributed by atoms with Gasteiger partial charge in [0.2, 0.25) is 0 Å². The fraction of sp³-hybridized carbons (Fsp3) is 0.415. The molecule has 2 aliphatic carbocycles. The maximum absolute atomic E-state index is 13.5. The third kappa shape index (κ3) is 8.88. The highest BCUT2D eigenvalue weighted by Crippen LogP contribution is 2.45. The van der Waals surface area contributed by atoms with Crippen molar-refractivity contribution in [3.8, 4) is 34.4 Å². The van der Waals surface area contributed by atoms with Gasteiger partial charge in [0.15, 0.2) is 0 Å². The van der Waals surface area contributed by atoms with Crippen molar-refractivity contribution in [1.82, 2.24) is 15.2 Å². The third-order valence-electron chi connectivity index (χ3n) is 10.4. The lowest BCUT2D eigenvalue weighted by Gasteiger charge is -2.33. The van der Waals surface area contributed by atoms with Crippen molar-refractivity contribution < 1.29 is 28.1 Å². The van der Waals surface area contributed by atoms with E-state index in [1.54, 1.807) is 12.3 Å². The number of aromatic nitrogens is 1. The number of ether oxygens (including phenoxy) is 3. The Labute approximate surface area is 318 Å². The molecule has 53 heavy (non-hydrogen) atoms. The molecule has 3 aliphatic rings. The molecule has 8 nitrogen and oxygen atoms in total. The van der Waals surface area contributed by atoms with Gasteiger partial charge in [-0.15, -0.1) is 0 Å². The van der Waals surface area contributed by atoms with Crippen LogP contribution in [0.5, 0.6) is 17.2 Å². The molecule has 4 aromatic rings. The van der Waals surface area contributed by atoms with Gasteiger partial charge in [-0.3, -0.25) is 4.98 Å². The van der Waals surface area contributed by atoms with Crippen LogP contribution in [-0.4, -0.2) is 59.3 Å². The number of likely N-dealkylation sites (tertiary alicyclic amines) is 1. The fourth-order valence-electron chi connectivity index (χ4n) is 7.24. The van der Waals surface area contributed by atoms with Crippen molar-refractivity contribution in [1.29, 1.82) is 5.26 Å². The smallest absolute Gasteiger partial charge is 0.250 e. The minimum absolute atomic E-state index is 0.0176. The summed E-state index contributed by atoms with van der Waals surface area (Å²) < 4.78 is 46.0. The second-order valence-corrected chi connectivity index (χ2v) is 14.8. The number of halogens is 4. The van der Waals surface area contributed by atoms with E-state index in [4.69, 9.17) is 37.4 Å². The second kappa shape index (κ2) is 16.6. The lowest BCUT2D eigenvalue weighted by Crippen LogP contribution is -2.47. The molecule has 0 amide bonds. The minimum atomic E-state index is -2.55. The molecule has 3 atom stereocenters. The van der Waals surface area contributed by atoms with E-state index in [9.17, 15) is 19.1 Å². The topological polar surface area (TPSA) is 99.9 Å². The summed E-state index contributed by atoms with van der Waals surface area (Å²) in [5.41, 5.74) is 6.13. The molecule has 278 valence electrons. The molecule has 1 saturated carbocycles. The first-order valence-electron chi connectivity index (χ1n) is 18.2. The number of nitrogens with zero attached hydrogens (tertiary/aromatic N) is 3. The van der Waals surface area contributed by atoms with Gasteiger partial charge in [-0.1, -0.05) is 53.5 Å². The van der Waals surface area contributed by atoms with Crippen molar-refractivity contribution >= 4 is 23.2 Å². The van der Waals surface area contributed by atoms with Crippen molar-refractivity contribution in [3.63, 3.8) is 0 Å². The average molecular weight is 764 g/mol. The number of piperidine rings is 1. The summed E-state index contributed by atoms with van der Waals surface area (Å²) in [5, 5.41) is 23.8. The van der Waals surface area contributed by atoms with E-state index < -0.39 is 5.92 Å². The Balaban J connectivity index is 1.05. The van der Waals surface area contributed by atoms with Crippen LogP contribution >= 0.6 is 23.2 Å². The number of rotatable bonds is 14. The van der Waals surface area contributed by atoms with Crippen LogP contribution in [0.4, 0.5) is 8.78 Å². The van der Waals surface area contributed by atoms with Crippen LogP contribution in [0.25, 0.3) is 11.1 Å². The van der Waals surface area contributed by atoms with Crippen LogP contribution in [-0.2, 0) is 19.6 Å². The normalized spacial score (nSPS) is 20.6. The quantitative estimate of drug-likeness (QED) is 0.123. The van der Waals surface area contributed by atoms with Gasteiger partial charge in [0.05, 0.1) is 28.3 Å². The molecule has 1 aromatic heterocycles. The highest BCUT2D eigenvalue weighted by Gasteiger charge is 2.34. The van der Waals surface area contributed by atoms with Crippen LogP contribution in [0.15, 0.2) is 67.0 Å². The molecular weight excluding hydrogens is 721 g/mol. The van der Waals surface area contributed by atoms with E-state index in [-0.39, 0.29) is 37.7 Å². The van der Waals surface area contributed by atoms with Crippen LogP contribution < -0.4 is 19.5 Å². The van der Waals surface area contributed by atoms with Gasteiger partial charge in [0, 0.05) is 80.2 Å². The molecule has 3 aromatic carbocycles. The van der Waals surface area contributed by atoms with Gasteiger partial charge in [-0.2, -0.15) is 5.26 Å². The third-order valence-corrected chi connectivity index (χ3v) is 11.1. The monoisotopic (exact) mass is 762 g/mol. The number of fused-ring (bicyclic) bond motifs is 1.